The van der Waals surface area contributed by atoms with Crippen LogP contribution < -0.4 is 4.74 Å². The van der Waals surface area contributed by atoms with Crippen LogP contribution in [0.2, 0.25) is 0 Å². The van der Waals surface area contributed by atoms with Crippen LogP contribution in [0.25, 0.3) is 0 Å². The number of likely N-dealkylation sites (tertiary alicyclic amines) is 1. The Kier molecular flexibility index (Phi) is 5.04. The third-order valence-electron chi connectivity index (χ3n) is 5.36. The summed E-state index contributed by atoms with van der Waals surface area (Å²) in [5, 5.41) is 0. The highest BCUT2D eigenvalue weighted by molar-refractivity contribution is 5.44. The lowest BCUT2D eigenvalue weighted by Gasteiger charge is -2.35. The normalized spacial score (nSPS) is 23.3. The highest BCUT2D eigenvalue weighted by atomic mass is 16.5. The van der Waals surface area contributed by atoms with Gasteiger partial charge < -0.3 is 4.74 Å². The molecule has 0 aromatic heterocycles. The van der Waals surface area contributed by atoms with Crippen LogP contribution in [0.15, 0.2) is 12.1 Å². The second-order valence-corrected chi connectivity index (χ2v) is 6.89. The lowest BCUT2D eigenvalue weighted by Crippen LogP contribution is -2.38. The largest absolute Gasteiger partial charge is 0.496 e. The molecule has 122 valence electrons. The van der Waals surface area contributed by atoms with Crippen molar-refractivity contribution < 1.29 is 4.74 Å². The smallest absolute Gasteiger partial charge is 0.123 e. The molecule has 0 radical (unpaired) electrons. The third kappa shape index (κ3) is 3.31. The van der Waals surface area contributed by atoms with E-state index < -0.39 is 0 Å². The van der Waals surface area contributed by atoms with E-state index >= 15 is 0 Å². The van der Waals surface area contributed by atoms with Crippen molar-refractivity contribution in [2.24, 2.45) is 0 Å². The predicted molar refractivity (Wildman–Crippen MR) is 91.4 cm³/mol. The summed E-state index contributed by atoms with van der Waals surface area (Å²) in [6, 6.07) is 5.36. The van der Waals surface area contributed by atoms with E-state index in [1.165, 1.54) is 55.5 Å². The molecule has 0 saturated carbocycles. The molecule has 1 aromatic rings. The number of likely N-dealkylation sites (N-methyl/N-ethyl adjacent to an activating group) is 1. The molecule has 2 aliphatic heterocycles. The zero-order valence-corrected chi connectivity index (χ0v) is 14.4. The number of benzene rings is 1. The summed E-state index contributed by atoms with van der Waals surface area (Å²) < 4.78 is 5.70. The van der Waals surface area contributed by atoms with Crippen LogP contribution in [0, 0.1) is 0 Å². The van der Waals surface area contributed by atoms with Gasteiger partial charge in [0.25, 0.3) is 0 Å². The van der Waals surface area contributed by atoms with Gasteiger partial charge in [0.1, 0.15) is 5.75 Å². The second kappa shape index (κ2) is 7.01. The number of rotatable bonds is 4. The Morgan fingerprint density at radius 1 is 1.14 bits per heavy atom. The molecule has 3 heteroatoms. The molecule has 3 rings (SSSR count). The average molecular weight is 302 g/mol. The number of hydrogen-bond acceptors (Lipinski definition) is 3. The zero-order chi connectivity index (χ0) is 15.5. The van der Waals surface area contributed by atoms with Crippen molar-refractivity contribution in [3.8, 4) is 5.75 Å². The van der Waals surface area contributed by atoms with Gasteiger partial charge in [0.15, 0.2) is 0 Å². The van der Waals surface area contributed by atoms with E-state index in [2.05, 4.69) is 35.8 Å². The molecular weight excluding hydrogens is 272 g/mol. The van der Waals surface area contributed by atoms with Crippen LogP contribution in [0.1, 0.15) is 49.8 Å². The van der Waals surface area contributed by atoms with Gasteiger partial charge in [0.05, 0.1) is 7.11 Å². The first-order valence-electron chi connectivity index (χ1n) is 8.86. The van der Waals surface area contributed by atoms with Gasteiger partial charge in [-0.2, -0.15) is 0 Å². The van der Waals surface area contributed by atoms with Gasteiger partial charge >= 0.3 is 0 Å². The van der Waals surface area contributed by atoms with Crippen molar-refractivity contribution in [1.29, 1.82) is 0 Å². The molecule has 0 bridgehead atoms. The summed E-state index contributed by atoms with van der Waals surface area (Å²) in [4.78, 5) is 5.13. The Labute approximate surface area is 135 Å². The van der Waals surface area contributed by atoms with E-state index in [0.29, 0.717) is 6.04 Å². The minimum absolute atomic E-state index is 0.647. The SMILES string of the molecule is CCN1Cc2cc(OC)c(CN3CCCCC3)cc2CC1C. The summed E-state index contributed by atoms with van der Waals surface area (Å²) >= 11 is 0. The number of methoxy groups -OCH3 is 1. The van der Waals surface area contributed by atoms with Crippen molar-refractivity contribution in [1.82, 2.24) is 9.80 Å². The van der Waals surface area contributed by atoms with Gasteiger partial charge in [-0.3, -0.25) is 9.80 Å². The summed E-state index contributed by atoms with van der Waals surface area (Å²) in [7, 11) is 1.81. The number of nitrogens with zero attached hydrogens (tertiary/aromatic N) is 2. The van der Waals surface area contributed by atoms with Crippen LogP contribution >= 0.6 is 0 Å². The van der Waals surface area contributed by atoms with Gasteiger partial charge in [-0.15, -0.1) is 0 Å². The quantitative estimate of drug-likeness (QED) is 0.847. The van der Waals surface area contributed by atoms with E-state index in [0.717, 1.165) is 25.4 Å². The van der Waals surface area contributed by atoms with Gasteiger partial charge in [-0.1, -0.05) is 19.4 Å². The molecule has 1 fully saturated rings. The molecule has 0 aliphatic carbocycles. The molecule has 2 heterocycles. The molecule has 1 atom stereocenters. The Morgan fingerprint density at radius 3 is 2.59 bits per heavy atom. The maximum absolute atomic E-state index is 5.70. The van der Waals surface area contributed by atoms with Crippen LogP contribution in [0.5, 0.6) is 5.75 Å². The second-order valence-electron chi connectivity index (χ2n) is 6.89. The fraction of sp³-hybridized carbons (Fsp3) is 0.684. The molecule has 0 spiro atoms. The topological polar surface area (TPSA) is 15.7 Å². The van der Waals surface area contributed by atoms with E-state index in [9.17, 15) is 0 Å². The van der Waals surface area contributed by atoms with Crippen LogP contribution in [-0.2, 0) is 19.5 Å². The molecule has 0 N–H and O–H groups in total. The number of hydrogen-bond donors (Lipinski definition) is 0. The molecule has 1 saturated heterocycles. The fourth-order valence-corrected chi connectivity index (χ4v) is 3.97. The molecule has 0 amide bonds. The lowest BCUT2D eigenvalue weighted by molar-refractivity contribution is 0.193. The first-order valence-corrected chi connectivity index (χ1v) is 8.86. The summed E-state index contributed by atoms with van der Waals surface area (Å²) in [6.07, 6.45) is 5.24. The molecular formula is C19H30N2O. The van der Waals surface area contributed by atoms with Crippen molar-refractivity contribution in [3.05, 3.63) is 28.8 Å². The highest BCUT2D eigenvalue weighted by Crippen LogP contribution is 2.31. The van der Waals surface area contributed by atoms with E-state index in [4.69, 9.17) is 4.74 Å². The maximum Gasteiger partial charge on any atom is 0.123 e. The number of piperidine rings is 1. The van der Waals surface area contributed by atoms with Crippen molar-refractivity contribution in [3.63, 3.8) is 0 Å². The zero-order valence-electron chi connectivity index (χ0n) is 14.4. The van der Waals surface area contributed by atoms with Crippen LogP contribution in [0.3, 0.4) is 0 Å². The molecule has 2 aliphatic rings. The van der Waals surface area contributed by atoms with Gasteiger partial charge in [0, 0.05) is 24.7 Å². The molecule has 22 heavy (non-hydrogen) atoms. The lowest BCUT2D eigenvalue weighted by atomic mass is 9.92. The first-order chi connectivity index (χ1) is 10.7. The Bertz CT molecular complexity index is 508. The summed E-state index contributed by atoms with van der Waals surface area (Å²) in [5.41, 5.74) is 4.37. The minimum Gasteiger partial charge on any atom is -0.496 e. The Morgan fingerprint density at radius 2 is 1.91 bits per heavy atom. The summed E-state index contributed by atoms with van der Waals surface area (Å²) in [6.45, 7) is 10.3. The van der Waals surface area contributed by atoms with Crippen molar-refractivity contribution >= 4 is 0 Å². The van der Waals surface area contributed by atoms with E-state index in [1.54, 1.807) is 0 Å². The number of fused-ring (bicyclic) bond motifs is 1. The van der Waals surface area contributed by atoms with Gasteiger partial charge in [0.2, 0.25) is 0 Å². The van der Waals surface area contributed by atoms with Crippen molar-refractivity contribution in [2.75, 3.05) is 26.7 Å². The molecule has 3 nitrogen and oxygen atoms in total. The number of ether oxygens (including phenoxy) is 1. The van der Waals surface area contributed by atoms with Crippen LogP contribution in [-0.4, -0.2) is 42.6 Å². The van der Waals surface area contributed by atoms with Crippen molar-refractivity contribution in [2.45, 2.75) is 58.7 Å². The standard InChI is InChI=1S/C19H30N2O/c1-4-21-14-17-12-19(22-3)18(11-16(17)10-15(21)2)13-20-8-6-5-7-9-20/h11-12,15H,4-10,13-14H2,1-3H3. The fourth-order valence-electron chi connectivity index (χ4n) is 3.97. The first kappa shape index (κ1) is 15.8. The predicted octanol–water partition coefficient (Wildman–Crippen LogP) is 3.45. The highest BCUT2D eigenvalue weighted by Gasteiger charge is 2.24. The van der Waals surface area contributed by atoms with Gasteiger partial charge in [-0.05, 0) is 63.0 Å². The van der Waals surface area contributed by atoms with Gasteiger partial charge in [-0.25, -0.2) is 0 Å². The Hall–Kier alpha value is -1.06. The molecule has 1 aromatic carbocycles. The van der Waals surface area contributed by atoms with E-state index in [1.807, 2.05) is 7.11 Å². The average Bonchev–Trinajstić information content (AvgIpc) is 2.54. The van der Waals surface area contributed by atoms with E-state index in [-0.39, 0.29) is 0 Å². The summed E-state index contributed by atoms with van der Waals surface area (Å²) in [5.74, 6) is 1.08. The maximum atomic E-state index is 5.70. The molecule has 1 unspecified atom stereocenters. The monoisotopic (exact) mass is 302 g/mol. The minimum atomic E-state index is 0.647. The third-order valence-corrected chi connectivity index (χ3v) is 5.36. The van der Waals surface area contributed by atoms with Crippen LogP contribution in [0.4, 0.5) is 0 Å². The Balaban J connectivity index is 1.83.